The molecule has 3 aromatic rings. The smallest absolute Gasteiger partial charge is 0.329 e. The summed E-state index contributed by atoms with van der Waals surface area (Å²) in [6, 6.07) is 8.19. The number of piperidine rings is 1. The van der Waals surface area contributed by atoms with Crippen molar-refractivity contribution in [2.45, 2.75) is 51.7 Å². The molecule has 0 saturated carbocycles. The van der Waals surface area contributed by atoms with Gasteiger partial charge in [0.1, 0.15) is 17.5 Å². The lowest BCUT2D eigenvalue weighted by Crippen LogP contribution is -2.44. The Morgan fingerprint density at radius 3 is 2.59 bits per heavy atom. The highest BCUT2D eigenvalue weighted by molar-refractivity contribution is 6.00. The first kappa shape index (κ1) is 23.2. The van der Waals surface area contributed by atoms with E-state index in [2.05, 4.69) is 15.6 Å². The predicted molar refractivity (Wildman–Crippen MR) is 126 cm³/mol. The van der Waals surface area contributed by atoms with E-state index < -0.39 is 17.6 Å². The van der Waals surface area contributed by atoms with Gasteiger partial charge in [0.05, 0.1) is 17.5 Å². The van der Waals surface area contributed by atoms with Crippen LogP contribution in [0.15, 0.2) is 41.3 Å². The zero-order valence-electron chi connectivity index (χ0n) is 19.5. The minimum Gasteiger partial charge on any atom is -0.460 e. The first-order valence-electron chi connectivity index (χ1n) is 11.0. The first-order chi connectivity index (χ1) is 16.0. The van der Waals surface area contributed by atoms with Crippen LogP contribution in [0.5, 0.6) is 0 Å². The van der Waals surface area contributed by atoms with Crippen LogP contribution in [-0.4, -0.2) is 37.5 Å². The third-order valence-corrected chi connectivity index (χ3v) is 5.48. The molecule has 10 nitrogen and oxygen atoms in total. The summed E-state index contributed by atoms with van der Waals surface area (Å²) in [6.45, 7) is 5.46. The number of anilines is 2. The number of ether oxygens (including phenoxy) is 1. The molecular formula is C24H27N5O5. The molecule has 0 bridgehead atoms. The molecule has 1 aromatic carbocycles. The molecule has 0 radical (unpaired) electrons. The predicted octanol–water partition coefficient (Wildman–Crippen LogP) is 2.34. The number of imide groups is 1. The van der Waals surface area contributed by atoms with Crippen molar-refractivity contribution in [3.05, 3.63) is 52.6 Å². The van der Waals surface area contributed by atoms with Gasteiger partial charge in [0.15, 0.2) is 0 Å². The Morgan fingerprint density at radius 1 is 1.18 bits per heavy atom. The summed E-state index contributed by atoms with van der Waals surface area (Å²) < 4.78 is 8.24. The summed E-state index contributed by atoms with van der Waals surface area (Å²) in [5.74, 6) is -0.543. The standard InChI is InChI=1S/C24H27N5O5/c1-24(2,3)34-21(31)11-14-5-9-19(25-13-14)26-15-6-7-16-18(12-15)28(4)23(33)29(16)17-8-10-20(30)27-22(17)32/h5-7,9,12-13,17H,8,10-11H2,1-4H3,(H,25,26)(H,27,30,32). The van der Waals surface area contributed by atoms with Crippen LogP contribution in [0.25, 0.3) is 11.0 Å². The Bertz CT molecular complexity index is 1330. The number of amides is 2. The third kappa shape index (κ3) is 4.85. The maximum absolute atomic E-state index is 12.9. The topological polar surface area (TPSA) is 124 Å². The fraction of sp³-hybridized carbons (Fsp3) is 0.375. The van der Waals surface area contributed by atoms with Gasteiger partial charge in [-0.25, -0.2) is 9.78 Å². The molecule has 34 heavy (non-hydrogen) atoms. The lowest BCUT2D eigenvalue weighted by atomic mass is 10.1. The van der Waals surface area contributed by atoms with Crippen molar-refractivity contribution in [2.24, 2.45) is 7.05 Å². The molecule has 2 N–H and O–H groups in total. The molecule has 0 aliphatic carbocycles. The van der Waals surface area contributed by atoms with Gasteiger partial charge in [0.25, 0.3) is 0 Å². The molecular weight excluding hydrogens is 438 g/mol. The number of nitrogens with zero attached hydrogens (tertiary/aromatic N) is 3. The van der Waals surface area contributed by atoms with Crippen LogP contribution < -0.4 is 16.3 Å². The van der Waals surface area contributed by atoms with E-state index in [0.717, 1.165) is 5.56 Å². The maximum Gasteiger partial charge on any atom is 0.329 e. The minimum absolute atomic E-state index is 0.131. The van der Waals surface area contributed by atoms with Gasteiger partial charge < -0.3 is 10.1 Å². The summed E-state index contributed by atoms with van der Waals surface area (Å²) >= 11 is 0. The highest BCUT2D eigenvalue weighted by Crippen LogP contribution is 2.26. The minimum atomic E-state index is -0.730. The zero-order chi connectivity index (χ0) is 24.6. The van der Waals surface area contributed by atoms with Crippen LogP contribution in [-0.2, 0) is 32.6 Å². The van der Waals surface area contributed by atoms with E-state index in [1.807, 2.05) is 20.8 Å². The van der Waals surface area contributed by atoms with Crippen molar-refractivity contribution in [2.75, 3.05) is 5.32 Å². The molecule has 1 aliphatic rings. The number of imidazole rings is 1. The van der Waals surface area contributed by atoms with Crippen LogP contribution in [0, 0.1) is 0 Å². The van der Waals surface area contributed by atoms with E-state index in [9.17, 15) is 19.2 Å². The average molecular weight is 466 g/mol. The zero-order valence-corrected chi connectivity index (χ0v) is 19.5. The third-order valence-electron chi connectivity index (χ3n) is 5.48. The van der Waals surface area contributed by atoms with Gasteiger partial charge >= 0.3 is 11.7 Å². The number of carbonyl (C=O) groups is 3. The molecule has 0 spiro atoms. The van der Waals surface area contributed by atoms with Crippen LogP contribution in [0.4, 0.5) is 11.5 Å². The molecule has 1 saturated heterocycles. The molecule has 1 atom stereocenters. The van der Waals surface area contributed by atoms with Crippen molar-refractivity contribution in [3.63, 3.8) is 0 Å². The summed E-state index contributed by atoms with van der Waals surface area (Å²) in [5.41, 5.74) is 1.82. The summed E-state index contributed by atoms with van der Waals surface area (Å²) in [7, 11) is 1.64. The van der Waals surface area contributed by atoms with Crippen molar-refractivity contribution in [1.82, 2.24) is 19.4 Å². The molecule has 1 fully saturated rings. The van der Waals surface area contributed by atoms with Gasteiger partial charge in [0, 0.05) is 25.4 Å². The molecule has 4 rings (SSSR count). The fourth-order valence-corrected chi connectivity index (χ4v) is 3.97. The highest BCUT2D eigenvalue weighted by Gasteiger charge is 2.31. The number of hydrogen-bond donors (Lipinski definition) is 2. The monoisotopic (exact) mass is 465 g/mol. The number of fused-ring (bicyclic) bond motifs is 1. The molecule has 2 aromatic heterocycles. The van der Waals surface area contributed by atoms with E-state index in [4.69, 9.17) is 4.74 Å². The molecule has 10 heteroatoms. The lowest BCUT2D eigenvalue weighted by Gasteiger charge is -2.21. The Balaban J connectivity index is 1.53. The van der Waals surface area contributed by atoms with Crippen LogP contribution >= 0.6 is 0 Å². The van der Waals surface area contributed by atoms with E-state index in [-0.39, 0.29) is 36.8 Å². The normalized spacial score (nSPS) is 16.4. The number of aromatic nitrogens is 3. The lowest BCUT2D eigenvalue weighted by molar-refractivity contribution is -0.154. The Labute approximate surface area is 195 Å². The van der Waals surface area contributed by atoms with Gasteiger partial charge in [-0.15, -0.1) is 0 Å². The fourth-order valence-electron chi connectivity index (χ4n) is 3.97. The maximum atomic E-state index is 12.9. The highest BCUT2D eigenvalue weighted by atomic mass is 16.6. The largest absolute Gasteiger partial charge is 0.460 e. The second-order valence-corrected chi connectivity index (χ2v) is 9.32. The molecule has 1 unspecified atom stereocenters. The molecule has 178 valence electrons. The SMILES string of the molecule is Cn1c(=O)n(C2CCC(=O)NC2=O)c2ccc(Nc3ccc(CC(=O)OC(C)(C)C)cn3)cc21. The van der Waals surface area contributed by atoms with E-state index >= 15 is 0 Å². The second-order valence-electron chi connectivity index (χ2n) is 9.32. The summed E-state index contributed by atoms with van der Waals surface area (Å²) in [4.78, 5) is 53.1. The van der Waals surface area contributed by atoms with Gasteiger partial charge in [-0.2, -0.15) is 0 Å². The van der Waals surface area contributed by atoms with Gasteiger partial charge in [0.2, 0.25) is 11.8 Å². The van der Waals surface area contributed by atoms with E-state index in [1.165, 1.54) is 9.13 Å². The van der Waals surface area contributed by atoms with E-state index in [0.29, 0.717) is 22.5 Å². The molecule has 1 aliphatic heterocycles. The number of rotatable bonds is 5. The van der Waals surface area contributed by atoms with Gasteiger partial charge in [-0.3, -0.25) is 28.8 Å². The summed E-state index contributed by atoms with van der Waals surface area (Å²) in [5, 5.41) is 5.49. The number of nitrogens with one attached hydrogen (secondary N) is 2. The quantitative estimate of drug-likeness (QED) is 0.438. The number of pyridine rings is 1. The van der Waals surface area contributed by atoms with Crippen molar-refractivity contribution < 1.29 is 19.1 Å². The number of hydrogen-bond acceptors (Lipinski definition) is 7. The average Bonchev–Trinajstić information content (AvgIpc) is 2.98. The first-order valence-corrected chi connectivity index (χ1v) is 11.0. The molecule has 2 amide bonds. The number of carbonyl (C=O) groups excluding carboxylic acids is 3. The second kappa shape index (κ2) is 8.77. The number of benzene rings is 1. The molecule has 3 heterocycles. The number of aryl methyl sites for hydroxylation is 1. The van der Waals surface area contributed by atoms with E-state index in [1.54, 1.807) is 43.6 Å². The van der Waals surface area contributed by atoms with Gasteiger partial charge in [-0.05, 0) is 57.0 Å². The van der Waals surface area contributed by atoms with Crippen molar-refractivity contribution >= 4 is 40.3 Å². The van der Waals surface area contributed by atoms with Crippen molar-refractivity contribution in [1.29, 1.82) is 0 Å². The Kier molecular flexibility index (Phi) is 5.99. The van der Waals surface area contributed by atoms with Crippen LogP contribution in [0.1, 0.15) is 45.2 Å². The van der Waals surface area contributed by atoms with Crippen LogP contribution in [0.3, 0.4) is 0 Å². The Hall–Kier alpha value is -3.95. The van der Waals surface area contributed by atoms with Gasteiger partial charge in [-0.1, -0.05) is 6.07 Å². The summed E-state index contributed by atoms with van der Waals surface area (Å²) in [6.07, 6.45) is 2.21. The van der Waals surface area contributed by atoms with Crippen LogP contribution in [0.2, 0.25) is 0 Å². The van der Waals surface area contributed by atoms with Crippen molar-refractivity contribution in [3.8, 4) is 0 Å². The Morgan fingerprint density at radius 2 is 1.94 bits per heavy atom. The number of esters is 1.